The van der Waals surface area contributed by atoms with E-state index >= 15 is 8.78 Å². The molecular formula is C24H22F2N8O2. The van der Waals surface area contributed by atoms with E-state index in [0.717, 1.165) is 12.1 Å². The Hall–Kier alpha value is -4.48. The van der Waals surface area contributed by atoms with Crippen molar-refractivity contribution in [1.82, 2.24) is 39.8 Å². The number of aryl methyl sites for hydroxylation is 1. The van der Waals surface area contributed by atoms with Crippen molar-refractivity contribution < 1.29 is 18.1 Å². The van der Waals surface area contributed by atoms with Crippen LogP contribution in [-0.4, -0.2) is 40.4 Å². The average Bonchev–Trinajstić information content (AvgIpc) is 3.58. The summed E-state index contributed by atoms with van der Waals surface area (Å²) >= 11 is 0. The van der Waals surface area contributed by atoms with E-state index < -0.39 is 23.0 Å². The lowest BCUT2D eigenvalue weighted by atomic mass is 9.97. The fraction of sp³-hybridized carbons (Fsp3) is 0.250. The van der Waals surface area contributed by atoms with Gasteiger partial charge in [0.25, 0.3) is 11.7 Å². The van der Waals surface area contributed by atoms with Gasteiger partial charge >= 0.3 is 0 Å². The number of fused-ring (bicyclic) bond motifs is 1. The van der Waals surface area contributed by atoms with Crippen LogP contribution in [0.1, 0.15) is 42.8 Å². The number of halogens is 2. The molecule has 0 bridgehead atoms. The van der Waals surface area contributed by atoms with Crippen molar-refractivity contribution in [2.45, 2.75) is 32.7 Å². The SMILES string of the molecule is Cn1cc(-c2cn3nccc3c(-c3cc(F)c(CNC(=O)c4noc(C(C)(C)C)n4)cc3F)n2)cn1. The smallest absolute Gasteiger partial charge is 0.292 e. The quantitative estimate of drug-likeness (QED) is 0.398. The minimum Gasteiger partial charge on any atom is -0.345 e. The average molecular weight is 492 g/mol. The lowest BCUT2D eigenvalue weighted by Gasteiger charge is -2.11. The largest absolute Gasteiger partial charge is 0.345 e. The molecule has 0 fully saturated rings. The molecule has 1 N–H and O–H groups in total. The zero-order chi connectivity index (χ0) is 25.6. The maximum atomic E-state index is 15.3. The molecule has 5 aromatic rings. The molecule has 1 aromatic carbocycles. The first kappa shape index (κ1) is 23.3. The summed E-state index contributed by atoms with van der Waals surface area (Å²) in [7, 11) is 1.77. The van der Waals surface area contributed by atoms with Gasteiger partial charge in [-0.05, 0) is 18.2 Å². The lowest BCUT2D eigenvalue weighted by molar-refractivity contribution is 0.0937. The molecule has 0 aliphatic heterocycles. The van der Waals surface area contributed by atoms with Gasteiger partial charge in [0, 0.05) is 41.9 Å². The Bertz CT molecular complexity index is 1600. The van der Waals surface area contributed by atoms with Gasteiger partial charge in [0.2, 0.25) is 5.89 Å². The molecule has 0 radical (unpaired) electrons. The highest BCUT2D eigenvalue weighted by Gasteiger charge is 2.24. The highest BCUT2D eigenvalue weighted by atomic mass is 19.1. The number of rotatable bonds is 5. The van der Waals surface area contributed by atoms with Crippen molar-refractivity contribution in [2.24, 2.45) is 7.05 Å². The second-order valence-electron chi connectivity index (χ2n) is 9.32. The van der Waals surface area contributed by atoms with E-state index in [9.17, 15) is 4.79 Å². The Balaban J connectivity index is 1.43. The number of amides is 1. The molecule has 0 saturated carbocycles. The molecule has 5 rings (SSSR count). The van der Waals surface area contributed by atoms with Crippen molar-refractivity contribution in [2.75, 3.05) is 0 Å². The van der Waals surface area contributed by atoms with E-state index in [0.29, 0.717) is 22.7 Å². The van der Waals surface area contributed by atoms with Crippen LogP contribution in [0.2, 0.25) is 0 Å². The molecule has 4 aromatic heterocycles. The summed E-state index contributed by atoms with van der Waals surface area (Å²) in [6.45, 7) is 5.31. The summed E-state index contributed by atoms with van der Waals surface area (Å²) in [5.41, 5.74) is 1.42. The topological polar surface area (TPSA) is 116 Å². The van der Waals surface area contributed by atoms with Crippen LogP contribution in [0.5, 0.6) is 0 Å². The number of carbonyl (C=O) groups excluding carboxylic acids is 1. The van der Waals surface area contributed by atoms with E-state index in [1.165, 1.54) is 0 Å². The third-order valence-corrected chi connectivity index (χ3v) is 5.49. The number of benzene rings is 1. The summed E-state index contributed by atoms with van der Waals surface area (Å²) in [6, 6.07) is 3.76. The van der Waals surface area contributed by atoms with E-state index in [2.05, 4.69) is 30.6 Å². The van der Waals surface area contributed by atoms with Gasteiger partial charge in [-0.1, -0.05) is 25.9 Å². The number of nitrogens with zero attached hydrogens (tertiary/aromatic N) is 7. The predicted molar refractivity (Wildman–Crippen MR) is 125 cm³/mol. The zero-order valence-electron chi connectivity index (χ0n) is 20.0. The van der Waals surface area contributed by atoms with Crippen LogP contribution >= 0.6 is 0 Å². The van der Waals surface area contributed by atoms with Gasteiger partial charge in [-0.25, -0.2) is 18.3 Å². The second kappa shape index (κ2) is 8.63. The van der Waals surface area contributed by atoms with Crippen molar-refractivity contribution in [3.05, 3.63) is 71.9 Å². The molecule has 0 saturated heterocycles. The Morgan fingerprint density at radius 3 is 2.61 bits per heavy atom. The Kier molecular flexibility index (Phi) is 5.58. The first-order valence-electron chi connectivity index (χ1n) is 11.0. The normalized spacial score (nSPS) is 11.8. The van der Waals surface area contributed by atoms with Crippen molar-refractivity contribution in [3.63, 3.8) is 0 Å². The number of hydrogen-bond acceptors (Lipinski definition) is 7. The molecule has 1 amide bonds. The minimum atomic E-state index is -0.707. The standard InChI is InChI=1S/C24H22F2N8O2/c1-24(2,3)23-31-21(32-36-23)22(35)27-9-13-7-17(26)15(8-16(13)25)20-19-5-6-28-34(19)12-18(30-20)14-10-29-33(4)11-14/h5-8,10-12H,9H2,1-4H3,(H,27,35). The molecule has 0 unspecified atom stereocenters. The van der Waals surface area contributed by atoms with Crippen LogP contribution in [0.3, 0.4) is 0 Å². The van der Waals surface area contributed by atoms with Crippen LogP contribution in [-0.2, 0) is 19.0 Å². The third-order valence-electron chi connectivity index (χ3n) is 5.49. The maximum absolute atomic E-state index is 15.3. The van der Waals surface area contributed by atoms with Gasteiger partial charge in [-0.3, -0.25) is 9.48 Å². The van der Waals surface area contributed by atoms with Crippen LogP contribution < -0.4 is 5.32 Å². The fourth-order valence-corrected chi connectivity index (χ4v) is 3.60. The van der Waals surface area contributed by atoms with E-state index in [-0.39, 0.29) is 29.2 Å². The van der Waals surface area contributed by atoms with Crippen LogP contribution in [0, 0.1) is 11.6 Å². The van der Waals surface area contributed by atoms with Gasteiger partial charge in [-0.15, -0.1) is 0 Å². The first-order valence-corrected chi connectivity index (χ1v) is 11.0. The van der Waals surface area contributed by atoms with Gasteiger partial charge in [0.1, 0.15) is 11.6 Å². The van der Waals surface area contributed by atoms with Crippen molar-refractivity contribution in [3.8, 4) is 22.5 Å². The third kappa shape index (κ3) is 4.32. The monoisotopic (exact) mass is 492 g/mol. The molecule has 0 spiro atoms. The van der Waals surface area contributed by atoms with E-state index in [1.54, 1.807) is 47.1 Å². The summed E-state index contributed by atoms with van der Waals surface area (Å²) in [4.78, 5) is 21.0. The summed E-state index contributed by atoms with van der Waals surface area (Å²) in [5.74, 6) is -1.96. The predicted octanol–water partition coefficient (Wildman–Crippen LogP) is 3.69. The molecule has 0 aliphatic rings. The summed E-state index contributed by atoms with van der Waals surface area (Å²) in [5, 5.41) is 14.5. The van der Waals surface area contributed by atoms with Gasteiger partial charge in [0.05, 0.1) is 35.5 Å². The first-order chi connectivity index (χ1) is 17.1. The molecule has 0 atom stereocenters. The number of aromatic nitrogens is 7. The maximum Gasteiger partial charge on any atom is 0.292 e. The second-order valence-corrected chi connectivity index (χ2v) is 9.32. The molecule has 10 nitrogen and oxygen atoms in total. The molecule has 0 aliphatic carbocycles. The number of hydrogen-bond donors (Lipinski definition) is 1. The molecule has 184 valence electrons. The molecule has 4 heterocycles. The van der Waals surface area contributed by atoms with Crippen molar-refractivity contribution >= 4 is 11.4 Å². The fourth-order valence-electron chi connectivity index (χ4n) is 3.60. The van der Waals surface area contributed by atoms with E-state index in [1.807, 2.05) is 20.8 Å². The van der Waals surface area contributed by atoms with Crippen LogP contribution in [0.4, 0.5) is 8.78 Å². The Morgan fingerprint density at radius 1 is 1.11 bits per heavy atom. The lowest BCUT2D eigenvalue weighted by Crippen LogP contribution is -2.25. The highest BCUT2D eigenvalue weighted by molar-refractivity contribution is 5.90. The summed E-state index contributed by atoms with van der Waals surface area (Å²) < 4.78 is 38.6. The van der Waals surface area contributed by atoms with Gasteiger partial charge in [0.15, 0.2) is 0 Å². The Morgan fingerprint density at radius 2 is 1.92 bits per heavy atom. The minimum absolute atomic E-state index is 0.0354. The summed E-state index contributed by atoms with van der Waals surface area (Å²) in [6.07, 6.45) is 6.63. The van der Waals surface area contributed by atoms with E-state index in [4.69, 9.17) is 4.52 Å². The molecule has 12 heteroatoms. The molecular weight excluding hydrogens is 470 g/mol. The Labute approximate surface area is 204 Å². The molecule has 36 heavy (non-hydrogen) atoms. The van der Waals surface area contributed by atoms with Crippen molar-refractivity contribution in [1.29, 1.82) is 0 Å². The van der Waals surface area contributed by atoms with Gasteiger partial charge in [-0.2, -0.15) is 15.2 Å². The van der Waals surface area contributed by atoms with Crippen LogP contribution in [0.15, 0.2) is 47.5 Å². The number of nitrogens with one attached hydrogen (secondary N) is 1. The highest BCUT2D eigenvalue weighted by Crippen LogP contribution is 2.30. The zero-order valence-corrected chi connectivity index (χ0v) is 20.0. The van der Waals surface area contributed by atoms with Crippen LogP contribution in [0.25, 0.3) is 28.0 Å². The number of carbonyl (C=O) groups is 1. The van der Waals surface area contributed by atoms with Gasteiger partial charge < -0.3 is 9.84 Å².